The third-order valence-electron chi connectivity index (χ3n) is 6.86. The van der Waals surface area contributed by atoms with Gasteiger partial charge in [-0.3, -0.25) is 4.79 Å². The summed E-state index contributed by atoms with van der Waals surface area (Å²) in [4.78, 5) is 25.7. The second-order valence-electron chi connectivity index (χ2n) is 8.79. The number of carbonyl (C=O) groups is 2. The van der Waals surface area contributed by atoms with Gasteiger partial charge in [-0.2, -0.15) is 0 Å². The summed E-state index contributed by atoms with van der Waals surface area (Å²) in [5, 5.41) is 0. The van der Waals surface area contributed by atoms with Gasteiger partial charge >= 0.3 is 11.9 Å². The molecule has 2 aromatic rings. The molecule has 2 aliphatic heterocycles. The zero-order valence-corrected chi connectivity index (χ0v) is 17.5. The average molecular weight is 420 g/mol. The van der Waals surface area contributed by atoms with Crippen molar-refractivity contribution in [2.24, 2.45) is 11.8 Å². The minimum absolute atomic E-state index is 0.0694. The van der Waals surface area contributed by atoms with Gasteiger partial charge in [-0.25, -0.2) is 4.79 Å². The van der Waals surface area contributed by atoms with Gasteiger partial charge < -0.3 is 18.9 Å². The van der Waals surface area contributed by atoms with Gasteiger partial charge in [0.15, 0.2) is 5.60 Å². The normalized spacial score (nSPS) is 32.7. The molecule has 2 saturated heterocycles. The van der Waals surface area contributed by atoms with Crippen LogP contribution in [0.25, 0.3) is 0 Å². The van der Waals surface area contributed by atoms with Gasteiger partial charge in [-0.05, 0) is 11.1 Å². The van der Waals surface area contributed by atoms with Crippen LogP contribution in [-0.4, -0.2) is 43.6 Å². The molecule has 5 atom stereocenters. The first-order valence-corrected chi connectivity index (χ1v) is 10.7. The van der Waals surface area contributed by atoms with E-state index in [-0.39, 0.29) is 49.4 Å². The second-order valence-corrected chi connectivity index (χ2v) is 8.79. The van der Waals surface area contributed by atoms with Gasteiger partial charge in [-0.15, -0.1) is 0 Å². The van der Waals surface area contributed by atoms with Crippen molar-refractivity contribution >= 4 is 19.8 Å². The molecule has 0 radical (unpaired) electrons. The van der Waals surface area contributed by atoms with Crippen LogP contribution in [0.15, 0.2) is 60.7 Å². The lowest BCUT2D eigenvalue weighted by atomic mass is 9.54. The van der Waals surface area contributed by atoms with Gasteiger partial charge in [0.25, 0.3) is 0 Å². The Balaban J connectivity index is 1.25. The van der Waals surface area contributed by atoms with E-state index in [1.807, 2.05) is 68.5 Å². The third kappa shape index (κ3) is 3.46. The molecule has 0 amide bonds. The van der Waals surface area contributed by atoms with Crippen LogP contribution in [0.4, 0.5) is 0 Å². The van der Waals surface area contributed by atoms with Gasteiger partial charge in [-0.1, -0.05) is 60.7 Å². The van der Waals surface area contributed by atoms with E-state index in [0.717, 1.165) is 11.1 Å². The van der Waals surface area contributed by atoms with Crippen molar-refractivity contribution in [2.45, 2.75) is 43.3 Å². The summed E-state index contributed by atoms with van der Waals surface area (Å²) in [7, 11) is 1.98. The summed E-state index contributed by atoms with van der Waals surface area (Å²) in [6, 6.07) is 19.0. The Bertz CT molecular complexity index is 967. The summed E-state index contributed by atoms with van der Waals surface area (Å²) >= 11 is 0. The van der Waals surface area contributed by atoms with Crippen LogP contribution in [0.5, 0.6) is 0 Å². The minimum atomic E-state index is -1.02. The quantitative estimate of drug-likeness (QED) is 0.504. The Morgan fingerprint density at radius 2 is 1.58 bits per heavy atom. The minimum Gasteiger partial charge on any atom is -0.461 e. The van der Waals surface area contributed by atoms with Crippen molar-refractivity contribution in [3.05, 3.63) is 71.8 Å². The maximum Gasteiger partial charge on any atom is 0.339 e. The first-order valence-electron chi connectivity index (χ1n) is 10.7. The highest BCUT2D eigenvalue weighted by atomic mass is 16.6. The molecule has 0 N–H and O–H groups in total. The average Bonchev–Trinajstić information content (AvgIpc) is 3.22. The summed E-state index contributed by atoms with van der Waals surface area (Å²) < 4.78 is 23.4. The lowest BCUT2D eigenvalue weighted by Crippen LogP contribution is -2.68. The summed E-state index contributed by atoms with van der Waals surface area (Å²) in [6.07, 6.45) is 0.433. The fourth-order valence-corrected chi connectivity index (χ4v) is 5.51. The predicted octanol–water partition coefficient (Wildman–Crippen LogP) is 2.00. The van der Waals surface area contributed by atoms with Gasteiger partial charge in [0, 0.05) is 24.3 Å². The molecule has 7 heteroatoms. The fraction of sp³-hybridized carbons (Fsp3) is 0.417. The highest BCUT2D eigenvalue weighted by molar-refractivity contribution is 6.11. The van der Waals surface area contributed by atoms with Crippen molar-refractivity contribution < 1.29 is 28.5 Å². The molecule has 1 aliphatic carbocycles. The van der Waals surface area contributed by atoms with Gasteiger partial charge in [0.05, 0.1) is 18.6 Å². The Hall–Kier alpha value is -2.64. The number of hydrogen-bond donors (Lipinski definition) is 0. The molecule has 0 spiro atoms. The van der Waals surface area contributed by atoms with Crippen molar-refractivity contribution in [2.75, 3.05) is 6.61 Å². The Morgan fingerprint density at radius 1 is 0.968 bits per heavy atom. The number of rotatable bonds is 7. The largest absolute Gasteiger partial charge is 0.461 e. The molecular weight excluding hydrogens is 395 g/mol. The zero-order valence-electron chi connectivity index (χ0n) is 17.5. The molecule has 2 aromatic carbocycles. The van der Waals surface area contributed by atoms with E-state index in [4.69, 9.17) is 18.9 Å². The van der Waals surface area contributed by atoms with Gasteiger partial charge in [0.1, 0.15) is 21.1 Å². The number of ether oxygens (including phenoxy) is 4. The van der Waals surface area contributed by atoms with Crippen LogP contribution < -0.4 is 0 Å². The molecule has 0 bridgehead atoms. The van der Waals surface area contributed by atoms with E-state index in [2.05, 4.69) is 0 Å². The Kier molecular flexibility index (Phi) is 5.11. The van der Waals surface area contributed by atoms with Crippen LogP contribution >= 0.6 is 0 Å². The number of benzene rings is 2. The van der Waals surface area contributed by atoms with Gasteiger partial charge in [0.2, 0.25) is 0 Å². The predicted molar refractivity (Wildman–Crippen MR) is 114 cm³/mol. The molecule has 160 valence electrons. The summed E-state index contributed by atoms with van der Waals surface area (Å²) in [6.45, 7) is 0.859. The lowest BCUT2D eigenvalue weighted by molar-refractivity contribution is -0.237. The van der Waals surface area contributed by atoms with E-state index in [0.29, 0.717) is 13.0 Å². The molecule has 1 saturated carbocycles. The first-order chi connectivity index (χ1) is 15.0. The van der Waals surface area contributed by atoms with Crippen molar-refractivity contribution in [1.82, 2.24) is 0 Å². The lowest BCUT2D eigenvalue weighted by Gasteiger charge is -2.53. The molecule has 3 aliphatic rings. The number of carbonyl (C=O) groups excluding carboxylic acids is 2. The van der Waals surface area contributed by atoms with E-state index in [1.54, 1.807) is 0 Å². The van der Waals surface area contributed by atoms with Crippen LogP contribution in [-0.2, 0) is 41.8 Å². The van der Waals surface area contributed by atoms with Crippen LogP contribution in [0.1, 0.15) is 24.0 Å². The fourth-order valence-electron chi connectivity index (χ4n) is 5.51. The Labute approximate surface area is 182 Å². The van der Waals surface area contributed by atoms with Crippen molar-refractivity contribution in [3.63, 3.8) is 0 Å². The standard InChI is InChI=1S/C24H25BO6/c25-21-18-14-30-24(22(27)29-13-17-9-5-2-6-10-17)15-23(31-21,20(18)24)11-19(26)28-12-16-7-3-1-4-8-16/h1-10,18,20-21H,11-15,25H2/t18?,20?,21-,23+,24?/m1/s1. The Morgan fingerprint density at radius 3 is 2.23 bits per heavy atom. The molecule has 5 rings (SSSR count). The van der Waals surface area contributed by atoms with Crippen LogP contribution in [0.3, 0.4) is 0 Å². The van der Waals surface area contributed by atoms with E-state index in [1.165, 1.54) is 0 Å². The first kappa shape index (κ1) is 20.3. The number of esters is 2. The highest BCUT2D eigenvalue weighted by Gasteiger charge is 2.79. The van der Waals surface area contributed by atoms with Crippen LogP contribution in [0, 0.1) is 11.8 Å². The maximum atomic E-state index is 13.0. The molecular formula is C24H25BO6. The van der Waals surface area contributed by atoms with Crippen molar-refractivity contribution in [3.8, 4) is 0 Å². The molecule has 3 unspecified atom stereocenters. The molecule has 0 aromatic heterocycles. The maximum absolute atomic E-state index is 13.0. The third-order valence-corrected chi connectivity index (χ3v) is 6.86. The number of hydrogen-bond acceptors (Lipinski definition) is 6. The topological polar surface area (TPSA) is 71.1 Å². The second kappa shape index (κ2) is 7.81. The SMILES string of the molecule is B[C@@H]1O[C@@]2(CC(=O)OCc3ccccc3)CC3(C(=O)OCc4ccccc4)OCC1C32. The van der Waals surface area contributed by atoms with E-state index < -0.39 is 11.2 Å². The molecule has 31 heavy (non-hydrogen) atoms. The van der Waals surface area contributed by atoms with Crippen LogP contribution in [0.2, 0.25) is 0 Å². The smallest absolute Gasteiger partial charge is 0.339 e. The summed E-state index contributed by atoms with van der Waals surface area (Å²) in [5.74, 6) is -0.813. The van der Waals surface area contributed by atoms with E-state index >= 15 is 0 Å². The monoisotopic (exact) mass is 420 g/mol. The summed E-state index contributed by atoms with van der Waals surface area (Å²) in [5.41, 5.74) is 0.112. The zero-order chi connectivity index (χ0) is 21.5. The van der Waals surface area contributed by atoms with E-state index in [9.17, 15) is 9.59 Å². The molecule has 2 heterocycles. The molecule has 6 nitrogen and oxygen atoms in total. The molecule has 3 fully saturated rings. The highest BCUT2D eigenvalue weighted by Crippen LogP contribution is 2.66. The van der Waals surface area contributed by atoms with Crippen molar-refractivity contribution in [1.29, 1.82) is 0 Å².